The number of benzene rings is 2. The number of ether oxygens (including phenoxy) is 3. The summed E-state index contributed by atoms with van der Waals surface area (Å²) in [5.41, 5.74) is 3.92. The number of amides is 1. The second-order valence-electron chi connectivity index (χ2n) is 12.1. The van der Waals surface area contributed by atoms with Gasteiger partial charge >= 0.3 is 6.01 Å². The Hall–Kier alpha value is -4.54. The summed E-state index contributed by atoms with van der Waals surface area (Å²) < 4.78 is 17.3. The summed E-state index contributed by atoms with van der Waals surface area (Å²) in [6.45, 7) is 8.05. The van der Waals surface area contributed by atoms with E-state index in [2.05, 4.69) is 85.4 Å². The average molecular weight is 623 g/mol. The van der Waals surface area contributed by atoms with E-state index in [0.717, 1.165) is 25.2 Å². The van der Waals surface area contributed by atoms with Crippen molar-refractivity contribution >= 4 is 5.91 Å². The van der Waals surface area contributed by atoms with Gasteiger partial charge in [-0.3, -0.25) is 19.6 Å². The van der Waals surface area contributed by atoms with Gasteiger partial charge < -0.3 is 19.1 Å². The largest absolute Gasteiger partial charge is 0.481 e. The highest BCUT2D eigenvalue weighted by atomic mass is 16.5. The second kappa shape index (κ2) is 14.3. The van der Waals surface area contributed by atoms with E-state index in [1.165, 1.54) is 18.2 Å². The first kappa shape index (κ1) is 31.4. The van der Waals surface area contributed by atoms with Crippen molar-refractivity contribution in [2.45, 2.75) is 44.5 Å². The van der Waals surface area contributed by atoms with Crippen LogP contribution in [0.2, 0.25) is 0 Å². The molecule has 10 nitrogen and oxygen atoms in total. The summed E-state index contributed by atoms with van der Waals surface area (Å²) in [5, 5.41) is 0. The Bertz CT molecular complexity index is 1550. The molecule has 2 aliphatic heterocycles. The van der Waals surface area contributed by atoms with Gasteiger partial charge in [0.1, 0.15) is 0 Å². The normalized spacial score (nSPS) is 18.8. The van der Waals surface area contributed by atoms with Gasteiger partial charge in [-0.05, 0) is 37.1 Å². The Labute approximate surface area is 271 Å². The number of hydrogen-bond donors (Lipinski definition) is 0. The molecule has 10 heteroatoms. The predicted molar refractivity (Wildman–Crippen MR) is 175 cm³/mol. The van der Waals surface area contributed by atoms with Crippen LogP contribution >= 0.6 is 0 Å². The molecule has 1 amide bonds. The van der Waals surface area contributed by atoms with Gasteiger partial charge in [-0.2, -0.15) is 9.97 Å². The lowest BCUT2D eigenvalue weighted by atomic mass is 9.81. The Kier molecular flexibility index (Phi) is 9.75. The van der Waals surface area contributed by atoms with Gasteiger partial charge in [0.2, 0.25) is 11.8 Å². The zero-order valence-electron chi connectivity index (χ0n) is 27.0. The molecule has 0 N–H and O–H groups in total. The van der Waals surface area contributed by atoms with Crippen LogP contribution in [0.25, 0.3) is 0 Å². The van der Waals surface area contributed by atoms with Crippen molar-refractivity contribution in [3.63, 3.8) is 0 Å². The Morgan fingerprint density at radius 3 is 2.15 bits per heavy atom. The van der Waals surface area contributed by atoms with E-state index < -0.39 is 0 Å². The number of carbonyl (C=O) groups excluding carboxylic acids is 1. The topological polar surface area (TPSA) is 93.2 Å². The molecule has 2 aliphatic rings. The standard InChI is InChI=1S/C36H42N6O4/c1-25(2)46-34-30(33(44-3)38-36(39-34)45-4)23-40-21-29-22-41(35(43)28-16-11-17-37-20-28)18-19-42(29)31(24-40)32(26-12-7-5-8-13-26)27-14-9-6-10-15-27/h5-17,20,25,29,31-32H,18-19,21-24H2,1-4H3/t29-,31?/m1/s1. The first-order valence-electron chi connectivity index (χ1n) is 15.9. The minimum atomic E-state index is -0.0985. The van der Waals surface area contributed by atoms with E-state index in [4.69, 9.17) is 14.2 Å². The lowest BCUT2D eigenvalue weighted by Gasteiger charge is -2.53. The third-order valence-corrected chi connectivity index (χ3v) is 8.78. The SMILES string of the molecule is COc1nc(OC)c(CN2CC(C(c3ccccc3)c3ccccc3)N3CCN(C(=O)c4cccnc4)C[C@H]3C2)c(OC(C)C)n1. The van der Waals surface area contributed by atoms with Crippen molar-refractivity contribution < 1.29 is 19.0 Å². The predicted octanol–water partition coefficient (Wildman–Crippen LogP) is 4.52. The number of methoxy groups -OCH3 is 2. The maximum absolute atomic E-state index is 13.6. The van der Waals surface area contributed by atoms with Crippen LogP contribution in [0.3, 0.4) is 0 Å². The van der Waals surface area contributed by atoms with E-state index in [1.807, 2.05) is 30.9 Å². The minimum absolute atomic E-state index is 0.0157. The molecule has 2 aromatic carbocycles. The average Bonchev–Trinajstić information content (AvgIpc) is 3.09. The molecular weight excluding hydrogens is 580 g/mol. The first-order chi connectivity index (χ1) is 22.4. The highest BCUT2D eigenvalue weighted by Crippen LogP contribution is 2.37. The Morgan fingerprint density at radius 1 is 0.848 bits per heavy atom. The van der Waals surface area contributed by atoms with Crippen LogP contribution in [0.1, 0.15) is 46.8 Å². The maximum atomic E-state index is 13.6. The molecule has 2 aromatic heterocycles. The van der Waals surface area contributed by atoms with Gasteiger partial charge in [-0.25, -0.2) is 0 Å². The quantitative estimate of drug-likeness (QED) is 0.253. The van der Waals surface area contributed by atoms with Gasteiger partial charge in [0.25, 0.3) is 5.91 Å². The zero-order valence-corrected chi connectivity index (χ0v) is 27.0. The van der Waals surface area contributed by atoms with Gasteiger partial charge in [0.15, 0.2) is 0 Å². The van der Waals surface area contributed by atoms with E-state index in [-0.39, 0.29) is 36.0 Å². The number of pyridine rings is 1. The van der Waals surface area contributed by atoms with Crippen LogP contribution in [0.5, 0.6) is 17.8 Å². The third-order valence-electron chi connectivity index (χ3n) is 8.78. The molecular formula is C36H42N6O4. The lowest BCUT2D eigenvalue weighted by Crippen LogP contribution is -2.67. The van der Waals surface area contributed by atoms with Crippen LogP contribution in [0, 0.1) is 0 Å². The Morgan fingerprint density at radius 2 is 1.54 bits per heavy atom. The molecule has 0 spiro atoms. The van der Waals surface area contributed by atoms with Crippen LogP contribution in [0.4, 0.5) is 0 Å². The summed E-state index contributed by atoms with van der Waals surface area (Å²) in [5.74, 6) is 1.02. The number of piperazine rings is 2. The fourth-order valence-corrected chi connectivity index (χ4v) is 6.82. The summed E-state index contributed by atoms with van der Waals surface area (Å²) in [6, 6.07) is 25.6. The minimum Gasteiger partial charge on any atom is -0.481 e. The highest BCUT2D eigenvalue weighted by Gasteiger charge is 2.43. The molecule has 0 radical (unpaired) electrons. The molecule has 6 rings (SSSR count). The van der Waals surface area contributed by atoms with Crippen molar-refractivity contribution in [2.75, 3.05) is 46.9 Å². The molecule has 0 bridgehead atoms. The van der Waals surface area contributed by atoms with E-state index >= 15 is 0 Å². The van der Waals surface area contributed by atoms with Crippen molar-refractivity contribution in [1.82, 2.24) is 29.7 Å². The number of aromatic nitrogens is 3. The number of carbonyl (C=O) groups is 1. The second-order valence-corrected chi connectivity index (χ2v) is 12.1. The van der Waals surface area contributed by atoms with Crippen LogP contribution < -0.4 is 14.2 Å². The van der Waals surface area contributed by atoms with Gasteiger partial charge in [0.05, 0.1) is 31.5 Å². The third kappa shape index (κ3) is 6.83. The first-order valence-corrected chi connectivity index (χ1v) is 15.9. The molecule has 46 heavy (non-hydrogen) atoms. The summed E-state index contributed by atoms with van der Waals surface area (Å²) in [4.78, 5) is 33.9. The van der Waals surface area contributed by atoms with E-state index in [9.17, 15) is 4.79 Å². The summed E-state index contributed by atoms with van der Waals surface area (Å²) >= 11 is 0. The molecule has 2 saturated heterocycles. The fourth-order valence-electron chi connectivity index (χ4n) is 6.82. The van der Waals surface area contributed by atoms with Crippen LogP contribution in [0.15, 0.2) is 85.2 Å². The summed E-state index contributed by atoms with van der Waals surface area (Å²) in [7, 11) is 3.14. The van der Waals surface area contributed by atoms with Gasteiger partial charge in [-0.15, -0.1) is 0 Å². The Balaban J connectivity index is 1.38. The van der Waals surface area contributed by atoms with Gasteiger partial charge in [-0.1, -0.05) is 60.7 Å². The molecule has 0 saturated carbocycles. The molecule has 240 valence electrons. The van der Waals surface area contributed by atoms with Crippen LogP contribution in [-0.4, -0.2) is 101 Å². The van der Waals surface area contributed by atoms with Crippen molar-refractivity contribution in [1.29, 1.82) is 0 Å². The van der Waals surface area contributed by atoms with Crippen molar-refractivity contribution in [2.24, 2.45) is 0 Å². The van der Waals surface area contributed by atoms with Crippen LogP contribution in [-0.2, 0) is 6.54 Å². The van der Waals surface area contributed by atoms with E-state index in [1.54, 1.807) is 19.5 Å². The smallest absolute Gasteiger partial charge is 0.322 e. The molecule has 1 unspecified atom stereocenters. The monoisotopic (exact) mass is 622 g/mol. The van der Waals surface area contributed by atoms with Crippen molar-refractivity contribution in [3.05, 3.63) is 107 Å². The molecule has 0 aliphatic carbocycles. The number of rotatable bonds is 10. The molecule has 4 heterocycles. The maximum Gasteiger partial charge on any atom is 0.322 e. The fraction of sp³-hybridized carbons (Fsp3) is 0.389. The van der Waals surface area contributed by atoms with Gasteiger partial charge in [0, 0.05) is 69.7 Å². The summed E-state index contributed by atoms with van der Waals surface area (Å²) in [6.07, 6.45) is 3.25. The number of nitrogens with zero attached hydrogens (tertiary/aromatic N) is 6. The number of hydrogen-bond acceptors (Lipinski definition) is 9. The number of fused-ring (bicyclic) bond motifs is 1. The molecule has 2 atom stereocenters. The highest BCUT2D eigenvalue weighted by molar-refractivity contribution is 5.94. The molecule has 4 aromatic rings. The molecule has 2 fully saturated rings. The lowest BCUT2D eigenvalue weighted by molar-refractivity contribution is -0.0293. The zero-order chi connectivity index (χ0) is 32.0. The van der Waals surface area contributed by atoms with E-state index in [0.29, 0.717) is 37.0 Å². The van der Waals surface area contributed by atoms with Crippen molar-refractivity contribution in [3.8, 4) is 17.8 Å².